The van der Waals surface area contributed by atoms with Gasteiger partial charge in [0.25, 0.3) is 5.91 Å². The monoisotopic (exact) mass is 237 g/mol. The number of hydrogen-bond donors (Lipinski definition) is 1. The van der Waals surface area contributed by atoms with Crippen LogP contribution in [0.2, 0.25) is 0 Å². The predicted octanol–water partition coefficient (Wildman–Crippen LogP) is 1.99. The molecule has 5 heteroatoms. The fraction of sp³-hybridized carbons (Fsp3) is 0.500. The Kier molecular flexibility index (Phi) is 3.17. The van der Waals surface area contributed by atoms with Crippen molar-refractivity contribution in [1.82, 2.24) is 4.90 Å². The number of rotatable bonds is 3. The second-order valence-electron chi connectivity index (χ2n) is 4.17. The van der Waals surface area contributed by atoms with E-state index in [2.05, 4.69) is 0 Å². The molecule has 0 aliphatic carbocycles. The Morgan fingerprint density at radius 3 is 2.76 bits per heavy atom. The Hall–Kier alpha value is -1.78. The Bertz CT molecular complexity index is 437. The molecule has 1 aromatic rings. The van der Waals surface area contributed by atoms with Gasteiger partial charge in [-0.25, -0.2) is 4.79 Å². The van der Waals surface area contributed by atoms with E-state index < -0.39 is 5.97 Å². The highest BCUT2D eigenvalue weighted by molar-refractivity contribution is 5.93. The van der Waals surface area contributed by atoms with Gasteiger partial charge in [-0.1, -0.05) is 6.92 Å². The molecule has 5 nitrogen and oxygen atoms in total. The number of carboxylic acid groups (broad SMARTS) is 1. The van der Waals surface area contributed by atoms with Gasteiger partial charge in [-0.3, -0.25) is 4.79 Å². The Morgan fingerprint density at radius 2 is 2.18 bits per heavy atom. The lowest BCUT2D eigenvalue weighted by atomic mass is 10.1. The third-order valence-corrected chi connectivity index (χ3v) is 3.14. The first kappa shape index (κ1) is 11.7. The smallest absolute Gasteiger partial charge is 0.371 e. The van der Waals surface area contributed by atoms with Crippen LogP contribution in [0.15, 0.2) is 16.5 Å². The summed E-state index contributed by atoms with van der Waals surface area (Å²) < 4.78 is 5.02. The van der Waals surface area contributed by atoms with Crippen LogP contribution in [0.1, 0.15) is 47.3 Å². The van der Waals surface area contributed by atoms with Gasteiger partial charge in [0.05, 0.1) is 0 Å². The van der Waals surface area contributed by atoms with Crippen molar-refractivity contribution in [3.63, 3.8) is 0 Å². The van der Waals surface area contributed by atoms with Crippen molar-refractivity contribution in [2.24, 2.45) is 0 Å². The highest BCUT2D eigenvalue weighted by atomic mass is 16.4. The lowest BCUT2D eigenvalue weighted by Crippen LogP contribution is -2.34. The molecule has 1 amide bonds. The molecule has 1 N–H and O–H groups in total. The summed E-state index contributed by atoms with van der Waals surface area (Å²) in [6, 6.07) is 2.99. The van der Waals surface area contributed by atoms with Crippen LogP contribution < -0.4 is 0 Å². The second-order valence-corrected chi connectivity index (χ2v) is 4.17. The lowest BCUT2D eigenvalue weighted by Gasteiger charge is -2.22. The van der Waals surface area contributed by atoms with Gasteiger partial charge in [-0.05, 0) is 31.4 Å². The Morgan fingerprint density at radius 1 is 1.47 bits per heavy atom. The molecule has 17 heavy (non-hydrogen) atoms. The number of nitrogens with zero attached hydrogens (tertiary/aromatic N) is 1. The zero-order chi connectivity index (χ0) is 12.4. The Labute approximate surface area is 99.0 Å². The van der Waals surface area contributed by atoms with Gasteiger partial charge in [0.15, 0.2) is 5.76 Å². The second kappa shape index (κ2) is 4.61. The molecule has 1 atom stereocenters. The molecule has 1 aromatic heterocycles. The standard InChI is InChI=1S/C12H15NO4/c1-2-8-4-3-7-13(8)11(14)9-5-6-10(17-9)12(15)16/h5-6,8H,2-4,7H2,1H3,(H,15,16). The summed E-state index contributed by atoms with van der Waals surface area (Å²) in [5.41, 5.74) is 0. The zero-order valence-electron chi connectivity index (χ0n) is 9.68. The molecule has 0 radical (unpaired) electrons. The molecular weight excluding hydrogens is 222 g/mol. The predicted molar refractivity (Wildman–Crippen MR) is 60.0 cm³/mol. The molecule has 92 valence electrons. The summed E-state index contributed by atoms with van der Waals surface area (Å²) in [5, 5.41) is 8.72. The minimum absolute atomic E-state index is 0.114. The van der Waals surface area contributed by atoms with Crippen molar-refractivity contribution < 1.29 is 19.1 Å². The van der Waals surface area contributed by atoms with Gasteiger partial charge in [-0.2, -0.15) is 0 Å². The third-order valence-electron chi connectivity index (χ3n) is 3.14. The molecule has 1 fully saturated rings. The molecule has 1 saturated heterocycles. The minimum atomic E-state index is -1.16. The van der Waals surface area contributed by atoms with Crippen molar-refractivity contribution >= 4 is 11.9 Å². The van der Waals surface area contributed by atoms with Gasteiger partial charge < -0.3 is 14.4 Å². The average Bonchev–Trinajstić information content (AvgIpc) is 2.96. The first-order valence-electron chi connectivity index (χ1n) is 5.77. The summed E-state index contributed by atoms with van der Waals surface area (Å²) in [4.78, 5) is 24.5. The van der Waals surface area contributed by atoms with Crippen LogP contribution in [0.25, 0.3) is 0 Å². The van der Waals surface area contributed by atoms with Crippen molar-refractivity contribution in [3.8, 4) is 0 Å². The SMILES string of the molecule is CCC1CCCN1C(=O)c1ccc(C(=O)O)o1. The largest absolute Gasteiger partial charge is 0.475 e. The lowest BCUT2D eigenvalue weighted by molar-refractivity contribution is 0.0645. The van der Waals surface area contributed by atoms with Crippen LogP contribution in [0, 0.1) is 0 Å². The quantitative estimate of drug-likeness (QED) is 0.872. The topological polar surface area (TPSA) is 70.8 Å². The average molecular weight is 237 g/mol. The summed E-state index contributed by atoms with van der Waals surface area (Å²) in [5.74, 6) is -1.44. The number of carbonyl (C=O) groups excluding carboxylic acids is 1. The Balaban J connectivity index is 2.16. The summed E-state index contributed by atoms with van der Waals surface area (Å²) in [7, 11) is 0. The fourth-order valence-electron chi connectivity index (χ4n) is 2.24. The molecule has 1 aliphatic rings. The maximum atomic E-state index is 12.1. The van der Waals surface area contributed by atoms with Crippen LogP contribution in [0.3, 0.4) is 0 Å². The molecule has 1 aliphatic heterocycles. The maximum Gasteiger partial charge on any atom is 0.371 e. The van der Waals surface area contributed by atoms with Gasteiger partial charge in [0.2, 0.25) is 5.76 Å². The van der Waals surface area contributed by atoms with E-state index in [4.69, 9.17) is 9.52 Å². The number of furan rings is 1. The number of carbonyl (C=O) groups is 2. The maximum absolute atomic E-state index is 12.1. The van der Waals surface area contributed by atoms with Crippen LogP contribution in [0.5, 0.6) is 0 Å². The van der Waals surface area contributed by atoms with E-state index in [1.54, 1.807) is 4.90 Å². The molecule has 0 aromatic carbocycles. The first-order valence-corrected chi connectivity index (χ1v) is 5.77. The normalized spacial score (nSPS) is 19.6. The van der Waals surface area contributed by atoms with E-state index >= 15 is 0 Å². The third kappa shape index (κ3) is 2.18. The van der Waals surface area contributed by atoms with E-state index in [1.807, 2.05) is 6.92 Å². The number of aromatic carboxylic acids is 1. The summed E-state index contributed by atoms with van der Waals surface area (Å²) >= 11 is 0. The van der Waals surface area contributed by atoms with E-state index in [0.29, 0.717) is 0 Å². The van der Waals surface area contributed by atoms with Crippen LogP contribution in [-0.2, 0) is 0 Å². The molecule has 2 heterocycles. The van der Waals surface area contributed by atoms with E-state index in [0.717, 1.165) is 25.8 Å². The van der Waals surface area contributed by atoms with Crippen molar-refractivity contribution in [2.45, 2.75) is 32.2 Å². The van der Waals surface area contributed by atoms with Gasteiger partial charge in [-0.15, -0.1) is 0 Å². The molecule has 1 unspecified atom stereocenters. The van der Waals surface area contributed by atoms with Crippen molar-refractivity contribution in [1.29, 1.82) is 0 Å². The molecule has 2 rings (SSSR count). The minimum Gasteiger partial charge on any atom is -0.475 e. The highest BCUT2D eigenvalue weighted by Crippen LogP contribution is 2.23. The van der Waals surface area contributed by atoms with Gasteiger partial charge >= 0.3 is 5.97 Å². The molecular formula is C12H15NO4. The summed E-state index contributed by atoms with van der Waals surface area (Å²) in [6.45, 7) is 2.77. The zero-order valence-corrected chi connectivity index (χ0v) is 9.68. The van der Waals surface area contributed by atoms with E-state index in [1.165, 1.54) is 12.1 Å². The number of amides is 1. The number of carboxylic acids is 1. The van der Waals surface area contributed by atoms with E-state index in [9.17, 15) is 9.59 Å². The molecule has 0 spiro atoms. The van der Waals surface area contributed by atoms with Gasteiger partial charge in [0, 0.05) is 12.6 Å². The number of hydrogen-bond acceptors (Lipinski definition) is 3. The van der Waals surface area contributed by atoms with E-state index in [-0.39, 0.29) is 23.5 Å². The molecule has 0 bridgehead atoms. The summed E-state index contributed by atoms with van der Waals surface area (Å²) in [6.07, 6.45) is 2.92. The van der Waals surface area contributed by atoms with Crippen LogP contribution >= 0.6 is 0 Å². The van der Waals surface area contributed by atoms with Crippen molar-refractivity contribution in [3.05, 3.63) is 23.7 Å². The van der Waals surface area contributed by atoms with Crippen molar-refractivity contribution in [2.75, 3.05) is 6.54 Å². The van der Waals surface area contributed by atoms with Crippen LogP contribution in [-0.4, -0.2) is 34.5 Å². The fourth-order valence-corrected chi connectivity index (χ4v) is 2.24. The number of likely N-dealkylation sites (tertiary alicyclic amines) is 1. The first-order chi connectivity index (χ1) is 8.13. The van der Waals surface area contributed by atoms with Gasteiger partial charge in [0.1, 0.15) is 0 Å². The highest BCUT2D eigenvalue weighted by Gasteiger charge is 2.30. The van der Waals surface area contributed by atoms with Crippen LogP contribution in [0.4, 0.5) is 0 Å². The molecule has 0 saturated carbocycles.